The number of hydrogen-bond donors (Lipinski definition) is 1. The van der Waals surface area contributed by atoms with E-state index in [-0.39, 0.29) is 0 Å². The van der Waals surface area contributed by atoms with Crippen LogP contribution in [0.1, 0.15) is 51.3 Å². The molecule has 1 aliphatic rings. The van der Waals surface area contributed by atoms with Crippen LogP contribution in [0.3, 0.4) is 0 Å². The highest BCUT2D eigenvalue weighted by Gasteiger charge is 2.30. The maximum atomic E-state index is 11.8. The molecule has 0 aliphatic heterocycles. The highest BCUT2D eigenvalue weighted by atomic mass is 32.2. The zero-order valence-corrected chi connectivity index (χ0v) is 13.6. The number of aryl methyl sites for hydroxylation is 1. The quantitative estimate of drug-likeness (QED) is 0.907. The number of nitrogens with one attached hydrogen (secondary N) is 1. The maximum absolute atomic E-state index is 11.8. The Kier molecular flexibility index (Phi) is 4.14. The molecule has 2 rings (SSSR count). The number of hydrogen-bond acceptors (Lipinski definition) is 4. The summed E-state index contributed by atoms with van der Waals surface area (Å²) in [6.07, 6.45) is 8.22. The Labute approximate surface area is 121 Å². The van der Waals surface area contributed by atoms with Gasteiger partial charge in [0.05, 0.1) is 10.4 Å². The van der Waals surface area contributed by atoms with E-state index in [4.69, 9.17) is 0 Å². The number of nitrogens with zero attached hydrogens (tertiary/aromatic N) is 2. The van der Waals surface area contributed by atoms with Crippen LogP contribution in [0.5, 0.6) is 0 Å². The Hall–Kier alpha value is -1.04. The molecule has 6 heteroatoms. The summed E-state index contributed by atoms with van der Waals surface area (Å²) in [5, 5.41) is 3.23. The van der Waals surface area contributed by atoms with Gasteiger partial charge in [-0.3, -0.25) is 0 Å². The second-order valence-corrected chi connectivity index (χ2v) is 9.09. The average Bonchev–Trinajstić information content (AvgIpc) is 2.93. The van der Waals surface area contributed by atoms with Gasteiger partial charge in [-0.1, -0.05) is 12.8 Å². The van der Waals surface area contributed by atoms with Crippen molar-refractivity contribution < 1.29 is 8.42 Å². The fraction of sp³-hybridized carbons (Fsp3) is 0.786. The summed E-state index contributed by atoms with van der Waals surface area (Å²) in [5.41, 5.74) is 0.969. The molecule has 0 saturated heterocycles. The summed E-state index contributed by atoms with van der Waals surface area (Å²) >= 11 is 0. The molecule has 1 aromatic rings. The molecule has 1 aromatic heterocycles. The van der Waals surface area contributed by atoms with Crippen LogP contribution in [0.2, 0.25) is 0 Å². The van der Waals surface area contributed by atoms with E-state index in [1.165, 1.54) is 31.9 Å². The van der Waals surface area contributed by atoms with Gasteiger partial charge < -0.3 is 9.88 Å². The molecule has 1 fully saturated rings. The molecule has 114 valence electrons. The number of imidazole rings is 1. The number of rotatable bonds is 5. The third-order valence-corrected chi connectivity index (χ3v) is 6.40. The predicted molar refractivity (Wildman–Crippen MR) is 81.9 cm³/mol. The van der Waals surface area contributed by atoms with Crippen molar-refractivity contribution in [2.75, 3.05) is 18.1 Å². The van der Waals surface area contributed by atoms with Crippen molar-refractivity contribution in [3.05, 3.63) is 11.9 Å². The minimum Gasteiger partial charge on any atom is -0.354 e. The van der Waals surface area contributed by atoms with Gasteiger partial charge in [0, 0.05) is 25.0 Å². The first-order chi connectivity index (χ1) is 9.21. The molecule has 0 bridgehead atoms. The lowest BCUT2D eigenvalue weighted by Crippen LogP contribution is -2.38. The summed E-state index contributed by atoms with van der Waals surface area (Å²) in [7, 11) is -3.10. The van der Waals surface area contributed by atoms with E-state index in [0.29, 0.717) is 12.6 Å². The van der Waals surface area contributed by atoms with Gasteiger partial charge in [-0.15, -0.1) is 0 Å². The fourth-order valence-electron chi connectivity index (χ4n) is 2.53. The highest BCUT2D eigenvalue weighted by Crippen LogP contribution is 2.32. The molecule has 0 amide bonds. The van der Waals surface area contributed by atoms with Crippen LogP contribution in [0.15, 0.2) is 6.20 Å². The number of aromatic nitrogens is 2. The lowest BCUT2D eigenvalue weighted by molar-refractivity contribution is 0.519. The third-order valence-electron chi connectivity index (χ3n) is 4.25. The van der Waals surface area contributed by atoms with Gasteiger partial charge in [0.15, 0.2) is 9.84 Å². The van der Waals surface area contributed by atoms with E-state index in [1.54, 1.807) is 13.8 Å². The van der Waals surface area contributed by atoms with Crippen molar-refractivity contribution in [2.24, 2.45) is 0 Å². The zero-order chi connectivity index (χ0) is 15.0. The lowest BCUT2D eigenvalue weighted by Gasteiger charge is -2.24. The number of anilines is 1. The third kappa shape index (κ3) is 3.16. The SMILES string of the molecule is Cc1cn(C2CCCC2)c(NCC(C)(C)S(C)(=O)=O)n1. The summed E-state index contributed by atoms with van der Waals surface area (Å²) < 4.78 is 24.9. The van der Waals surface area contributed by atoms with Crippen LogP contribution >= 0.6 is 0 Å². The molecule has 1 saturated carbocycles. The molecule has 0 atom stereocenters. The summed E-state index contributed by atoms with van der Waals surface area (Å²) in [6, 6.07) is 0.500. The monoisotopic (exact) mass is 299 g/mol. The molecular formula is C14H25N3O2S. The van der Waals surface area contributed by atoms with E-state index >= 15 is 0 Å². The molecular weight excluding hydrogens is 274 g/mol. The van der Waals surface area contributed by atoms with E-state index in [2.05, 4.69) is 21.1 Å². The van der Waals surface area contributed by atoms with E-state index in [0.717, 1.165) is 11.6 Å². The topological polar surface area (TPSA) is 64.0 Å². The van der Waals surface area contributed by atoms with Gasteiger partial charge >= 0.3 is 0 Å². The van der Waals surface area contributed by atoms with Crippen LogP contribution in [-0.4, -0.2) is 35.5 Å². The Balaban J connectivity index is 2.14. The van der Waals surface area contributed by atoms with Crippen molar-refractivity contribution in [1.29, 1.82) is 0 Å². The van der Waals surface area contributed by atoms with Crippen LogP contribution in [0.4, 0.5) is 5.95 Å². The second-order valence-electron chi connectivity index (χ2n) is 6.44. The van der Waals surface area contributed by atoms with Gasteiger partial charge in [0.1, 0.15) is 0 Å². The molecule has 1 N–H and O–H groups in total. The van der Waals surface area contributed by atoms with Gasteiger partial charge in [-0.25, -0.2) is 13.4 Å². The van der Waals surface area contributed by atoms with Crippen LogP contribution in [0, 0.1) is 6.92 Å². The largest absolute Gasteiger partial charge is 0.354 e. The van der Waals surface area contributed by atoms with Crippen LogP contribution in [0.25, 0.3) is 0 Å². The van der Waals surface area contributed by atoms with E-state index in [9.17, 15) is 8.42 Å². The number of sulfone groups is 1. The van der Waals surface area contributed by atoms with Gasteiger partial charge in [0.2, 0.25) is 5.95 Å². The van der Waals surface area contributed by atoms with Crippen LogP contribution < -0.4 is 5.32 Å². The van der Waals surface area contributed by atoms with E-state index < -0.39 is 14.6 Å². The molecule has 1 aliphatic carbocycles. The smallest absolute Gasteiger partial charge is 0.203 e. The molecule has 0 spiro atoms. The van der Waals surface area contributed by atoms with Crippen molar-refractivity contribution in [3.63, 3.8) is 0 Å². The zero-order valence-electron chi connectivity index (χ0n) is 12.8. The Bertz CT molecular complexity index is 569. The second kappa shape index (κ2) is 5.39. The van der Waals surface area contributed by atoms with Crippen molar-refractivity contribution >= 4 is 15.8 Å². The van der Waals surface area contributed by atoms with Crippen molar-refractivity contribution in [3.8, 4) is 0 Å². The van der Waals surface area contributed by atoms with Crippen molar-refractivity contribution in [2.45, 2.75) is 57.2 Å². The van der Waals surface area contributed by atoms with Gasteiger partial charge in [0.25, 0.3) is 0 Å². The predicted octanol–water partition coefficient (Wildman–Crippen LogP) is 2.54. The Morgan fingerprint density at radius 2 is 2.00 bits per heavy atom. The summed E-state index contributed by atoms with van der Waals surface area (Å²) in [6.45, 7) is 5.82. The minimum absolute atomic E-state index is 0.370. The van der Waals surface area contributed by atoms with Crippen LogP contribution in [-0.2, 0) is 9.84 Å². The molecule has 5 nitrogen and oxygen atoms in total. The maximum Gasteiger partial charge on any atom is 0.203 e. The Morgan fingerprint density at radius 1 is 1.40 bits per heavy atom. The highest BCUT2D eigenvalue weighted by molar-refractivity contribution is 7.92. The molecule has 0 radical (unpaired) electrons. The summed E-state index contributed by atoms with van der Waals surface area (Å²) in [4.78, 5) is 4.50. The molecule has 1 heterocycles. The molecule has 20 heavy (non-hydrogen) atoms. The lowest BCUT2D eigenvalue weighted by atomic mass is 10.2. The van der Waals surface area contributed by atoms with Crippen molar-refractivity contribution in [1.82, 2.24) is 9.55 Å². The fourth-order valence-corrected chi connectivity index (χ4v) is 2.87. The first-order valence-electron chi connectivity index (χ1n) is 7.20. The first-order valence-corrected chi connectivity index (χ1v) is 9.09. The molecule has 0 aromatic carbocycles. The summed E-state index contributed by atoms with van der Waals surface area (Å²) in [5.74, 6) is 0.797. The van der Waals surface area contributed by atoms with Gasteiger partial charge in [-0.2, -0.15) is 0 Å². The Morgan fingerprint density at radius 3 is 2.55 bits per heavy atom. The average molecular weight is 299 g/mol. The normalized spacial score (nSPS) is 17.6. The first kappa shape index (κ1) is 15.4. The van der Waals surface area contributed by atoms with E-state index in [1.807, 2.05) is 6.92 Å². The minimum atomic E-state index is -3.10. The standard InChI is InChI=1S/C14H25N3O2S/c1-11-9-17(12-7-5-6-8-12)13(16-11)15-10-14(2,3)20(4,18)19/h9,12H,5-8,10H2,1-4H3,(H,15,16). The van der Waals surface area contributed by atoms with Gasteiger partial charge in [-0.05, 0) is 33.6 Å². The molecule has 0 unspecified atom stereocenters.